The van der Waals surface area contributed by atoms with Gasteiger partial charge in [-0.2, -0.15) is 4.31 Å². The van der Waals surface area contributed by atoms with E-state index < -0.39 is 39.6 Å². The highest BCUT2D eigenvalue weighted by molar-refractivity contribution is 7.89. The summed E-state index contributed by atoms with van der Waals surface area (Å²) >= 11 is 0. The van der Waals surface area contributed by atoms with Crippen LogP contribution in [0.5, 0.6) is 0 Å². The van der Waals surface area contributed by atoms with Crippen LogP contribution < -0.4 is 5.32 Å². The number of H-pyrrole nitrogens is 1. The van der Waals surface area contributed by atoms with Crippen molar-refractivity contribution in [2.75, 3.05) is 25.0 Å². The number of rotatable bonds is 5. The summed E-state index contributed by atoms with van der Waals surface area (Å²) in [6, 6.07) is 7.10. The number of aliphatic hydroxyl groups is 2. The summed E-state index contributed by atoms with van der Waals surface area (Å²) in [5.74, 6) is -3.28. The molecule has 170 valence electrons. The molecule has 2 heterocycles. The number of aliphatic hydroxyl groups excluding tert-OH is 2. The van der Waals surface area contributed by atoms with Crippen LogP contribution >= 0.6 is 0 Å². The molecule has 1 aliphatic rings. The third kappa shape index (κ3) is 4.11. The van der Waals surface area contributed by atoms with Crippen LogP contribution in [0.25, 0.3) is 10.9 Å². The summed E-state index contributed by atoms with van der Waals surface area (Å²) in [4.78, 5) is 15.6. The van der Waals surface area contributed by atoms with E-state index in [2.05, 4.69) is 10.3 Å². The van der Waals surface area contributed by atoms with E-state index in [1.54, 1.807) is 12.3 Å². The van der Waals surface area contributed by atoms with Gasteiger partial charge in [-0.3, -0.25) is 4.79 Å². The molecule has 0 spiro atoms. The number of amides is 1. The summed E-state index contributed by atoms with van der Waals surface area (Å²) in [5, 5.41) is 22.3. The minimum absolute atomic E-state index is 0.0139. The van der Waals surface area contributed by atoms with Gasteiger partial charge in [-0.1, -0.05) is 0 Å². The van der Waals surface area contributed by atoms with E-state index in [0.29, 0.717) is 17.3 Å². The molecule has 1 aromatic heterocycles. The Labute approximate surface area is 182 Å². The molecule has 2 atom stereocenters. The second-order valence-electron chi connectivity index (χ2n) is 7.65. The number of benzene rings is 2. The van der Waals surface area contributed by atoms with Crippen molar-refractivity contribution in [3.05, 3.63) is 59.8 Å². The number of sulfonamides is 1. The summed E-state index contributed by atoms with van der Waals surface area (Å²) in [7, 11) is -4.06. The number of anilines is 1. The Hall–Kier alpha value is -2.86. The minimum Gasteiger partial charge on any atom is -0.396 e. The van der Waals surface area contributed by atoms with Crippen LogP contribution in [0, 0.1) is 17.6 Å². The fraction of sp³-hybridized carbons (Fsp3) is 0.286. The number of carbonyl (C=O) groups excluding carboxylic acids is 1. The number of aromatic amines is 1. The van der Waals surface area contributed by atoms with Gasteiger partial charge in [0.2, 0.25) is 10.0 Å². The summed E-state index contributed by atoms with van der Waals surface area (Å²) < 4.78 is 54.2. The van der Waals surface area contributed by atoms with Gasteiger partial charge in [0.25, 0.3) is 5.91 Å². The van der Waals surface area contributed by atoms with Crippen molar-refractivity contribution in [2.24, 2.45) is 5.92 Å². The predicted molar refractivity (Wildman–Crippen MR) is 113 cm³/mol. The van der Waals surface area contributed by atoms with Gasteiger partial charge in [0.1, 0.15) is 0 Å². The third-order valence-electron chi connectivity index (χ3n) is 5.62. The quantitative estimate of drug-likeness (QED) is 0.460. The SMILES string of the molecule is O=C(Nc1ccc(F)c(F)c1)c1cc(S(=O)(=O)N2CCC(CO)C(O)C2)cc2[nH]ccc12. The van der Waals surface area contributed by atoms with E-state index >= 15 is 0 Å². The molecule has 8 nitrogen and oxygen atoms in total. The number of hydrogen-bond acceptors (Lipinski definition) is 5. The second kappa shape index (κ2) is 8.58. The molecule has 1 saturated heterocycles. The molecule has 1 aliphatic heterocycles. The zero-order valence-corrected chi connectivity index (χ0v) is 17.6. The van der Waals surface area contributed by atoms with E-state index in [1.807, 2.05) is 0 Å². The van der Waals surface area contributed by atoms with Crippen LogP contribution in [0.1, 0.15) is 16.8 Å². The van der Waals surface area contributed by atoms with E-state index in [1.165, 1.54) is 18.2 Å². The molecule has 4 N–H and O–H groups in total. The van der Waals surface area contributed by atoms with Crippen molar-refractivity contribution in [1.29, 1.82) is 0 Å². The molecule has 2 aromatic carbocycles. The molecule has 32 heavy (non-hydrogen) atoms. The molecule has 0 bridgehead atoms. The Bertz CT molecular complexity index is 1280. The van der Waals surface area contributed by atoms with Crippen molar-refractivity contribution >= 4 is 32.5 Å². The first kappa shape index (κ1) is 22.3. The Balaban J connectivity index is 1.68. The number of halogens is 2. The number of nitrogens with one attached hydrogen (secondary N) is 2. The van der Waals surface area contributed by atoms with Gasteiger partial charge in [-0.05, 0) is 36.8 Å². The zero-order valence-electron chi connectivity index (χ0n) is 16.8. The van der Waals surface area contributed by atoms with Gasteiger partial charge < -0.3 is 20.5 Å². The molecule has 0 aliphatic carbocycles. The lowest BCUT2D eigenvalue weighted by Gasteiger charge is -2.34. The van der Waals surface area contributed by atoms with Crippen molar-refractivity contribution in [1.82, 2.24) is 9.29 Å². The normalized spacial score (nSPS) is 19.9. The average molecular weight is 465 g/mol. The highest BCUT2D eigenvalue weighted by Crippen LogP contribution is 2.29. The molecular formula is C21H21F2N3O5S. The van der Waals surface area contributed by atoms with Crippen LogP contribution in [0.2, 0.25) is 0 Å². The van der Waals surface area contributed by atoms with Crippen LogP contribution in [-0.4, -0.2) is 59.6 Å². The van der Waals surface area contributed by atoms with Gasteiger partial charge in [-0.25, -0.2) is 17.2 Å². The molecule has 1 fully saturated rings. The van der Waals surface area contributed by atoms with Gasteiger partial charge in [0.15, 0.2) is 11.6 Å². The number of fused-ring (bicyclic) bond motifs is 1. The standard InChI is InChI=1S/C21H21F2N3O5S/c22-17-2-1-13(7-18(17)23)25-21(29)16-8-14(9-19-15(16)3-5-24-19)32(30,31)26-6-4-12(11-27)20(28)10-26/h1-3,5,7-9,12,20,24,27-28H,4,6,10-11H2,(H,25,29). The Morgan fingerprint density at radius 3 is 2.66 bits per heavy atom. The fourth-order valence-electron chi connectivity index (χ4n) is 3.78. The summed E-state index contributed by atoms with van der Waals surface area (Å²) in [6.45, 7) is -0.297. The maximum atomic E-state index is 13.5. The van der Waals surface area contributed by atoms with Gasteiger partial charge in [0.05, 0.1) is 16.6 Å². The van der Waals surface area contributed by atoms with Crippen LogP contribution in [0.3, 0.4) is 0 Å². The van der Waals surface area contributed by atoms with Gasteiger partial charge in [-0.15, -0.1) is 0 Å². The number of piperidine rings is 1. The van der Waals surface area contributed by atoms with Crippen molar-refractivity contribution in [3.63, 3.8) is 0 Å². The lowest BCUT2D eigenvalue weighted by atomic mass is 9.96. The van der Waals surface area contributed by atoms with Gasteiger partial charge >= 0.3 is 0 Å². The molecule has 0 radical (unpaired) electrons. The van der Waals surface area contributed by atoms with Crippen LogP contribution in [-0.2, 0) is 10.0 Å². The molecule has 2 unspecified atom stereocenters. The van der Waals surface area contributed by atoms with E-state index in [-0.39, 0.29) is 35.8 Å². The molecule has 1 amide bonds. The van der Waals surface area contributed by atoms with Crippen LogP contribution in [0.4, 0.5) is 14.5 Å². The fourth-order valence-corrected chi connectivity index (χ4v) is 5.31. The smallest absolute Gasteiger partial charge is 0.256 e. The van der Waals surface area contributed by atoms with Crippen molar-refractivity contribution < 1.29 is 32.2 Å². The number of carbonyl (C=O) groups is 1. The molecule has 3 aromatic rings. The minimum atomic E-state index is -4.06. The Morgan fingerprint density at radius 1 is 1.19 bits per heavy atom. The zero-order chi connectivity index (χ0) is 23.0. The lowest BCUT2D eigenvalue weighted by Crippen LogP contribution is -2.47. The average Bonchev–Trinajstić information content (AvgIpc) is 3.24. The Morgan fingerprint density at radius 2 is 1.97 bits per heavy atom. The topological polar surface area (TPSA) is 123 Å². The van der Waals surface area contributed by atoms with Gasteiger partial charge in [0, 0.05) is 54.5 Å². The maximum absolute atomic E-state index is 13.5. The van der Waals surface area contributed by atoms with E-state index in [9.17, 15) is 32.2 Å². The van der Waals surface area contributed by atoms with E-state index in [0.717, 1.165) is 16.4 Å². The number of nitrogens with zero attached hydrogens (tertiary/aromatic N) is 1. The summed E-state index contributed by atoms with van der Waals surface area (Å²) in [6.07, 6.45) is 0.839. The first-order valence-corrected chi connectivity index (χ1v) is 11.3. The lowest BCUT2D eigenvalue weighted by molar-refractivity contribution is 0.0222. The number of aromatic nitrogens is 1. The Kier molecular flexibility index (Phi) is 5.99. The van der Waals surface area contributed by atoms with Crippen LogP contribution in [0.15, 0.2) is 47.5 Å². The predicted octanol–water partition coefficient (Wildman–Crippen LogP) is 2.06. The first-order chi connectivity index (χ1) is 15.2. The highest BCUT2D eigenvalue weighted by Gasteiger charge is 2.35. The number of hydrogen-bond donors (Lipinski definition) is 4. The third-order valence-corrected chi connectivity index (χ3v) is 7.46. The second-order valence-corrected chi connectivity index (χ2v) is 9.59. The number of β-amino-alcohol motifs (C(OH)–C–C–N with tert-alkyl or cyclic N) is 1. The largest absolute Gasteiger partial charge is 0.396 e. The molecule has 0 saturated carbocycles. The van der Waals surface area contributed by atoms with Crippen molar-refractivity contribution in [2.45, 2.75) is 17.4 Å². The molecule has 4 rings (SSSR count). The maximum Gasteiger partial charge on any atom is 0.256 e. The molecule has 11 heteroatoms. The molecular weight excluding hydrogens is 444 g/mol. The van der Waals surface area contributed by atoms with Crippen molar-refractivity contribution in [3.8, 4) is 0 Å². The first-order valence-electron chi connectivity index (χ1n) is 9.87. The monoisotopic (exact) mass is 465 g/mol. The summed E-state index contributed by atoms with van der Waals surface area (Å²) in [5.41, 5.74) is 0.435. The van der Waals surface area contributed by atoms with E-state index in [4.69, 9.17) is 0 Å². The highest BCUT2D eigenvalue weighted by atomic mass is 32.2.